The highest BCUT2D eigenvalue weighted by Gasteiger charge is 2.25. The van der Waals surface area contributed by atoms with E-state index in [-0.39, 0.29) is 12.1 Å². The Labute approximate surface area is 103 Å². The van der Waals surface area contributed by atoms with Crippen molar-refractivity contribution in [1.29, 1.82) is 0 Å². The molecule has 0 atom stereocenters. The number of amides is 1. The summed E-state index contributed by atoms with van der Waals surface area (Å²) in [7, 11) is 0. The average Bonchev–Trinajstić information content (AvgIpc) is 2.15. The molecule has 1 aromatic carbocycles. The molecule has 0 spiro atoms. The van der Waals surface area contributed by atoms with Crippen molar-refractivity contribution in [3.05, 3.63) is 30.3 Å². The Morgan fingerprint density at radius 1 is 1.18 bits per heavy atom. The minimum Gasteiger partial charge on any atom is -0.443 e. The number of anilines is 1. The molecule has 94 valence electrons. The highest BCUT2D eigenvalue weighted by Crippen LogP contribution is 2.20. The van der Waals surface area contributed by atoms with Crippen molar-refractivity contribution in [3.63, 3.8) is 0 Å². The fourth-order valence-corrected chi connectivity index (χ4v) is 1.51. The van der Waals surface area contributed by atoms with E-state index < -0.39 is 5.60 Å². The third-order valence-electron chi connectivity index (χ3n) is 2.14. The molecule has 0 unspecified atom stereocenters. The third kappa shape index (κ3) is 4.10. The van der Waals surface area contributed by atoms with Gasteiger partial charge in [-0.05, 0) is 46.8 Å². The van der Waals surface area contributed by atoms with Crippen LogP contribution in [0.3, 0.4) is 0 Å². The monoisotopic (exact) mass is 235 g/mol. The number of rotatable bonds is 2. The first-order valence-electron chi connectivity index (χ1n) is 5.88. The zero-order valence-corrected chi connectivity index (χ0v) is 11.2. The van der Waals surface area contributed by atoms with Gasteiger partial charge in [0.05, 0.1) is 0 Å². The Kier molecular flexibility index (Phi) is 4.16. The average molecular weight is 235 g/mol. The Hall–Kier alpha value is -1.51. The van der Waals surface area contributed by atoms with Crippen molar-refractivity contribution in [1.82, 2.24) is 0 Å². The number of para-hydroxylation sites is 1. The molecule has 0 fully saturated rings. The fourth-order valence-electron chi connectivity index (χ4n) is 1.51. The van der Waals surface area contributed by atoms with Crippen LogP contribution in [-0.2, 0) is 4.74 Å². The Morgan fingerprint density at radius 3 is 2.12 bits per heavy atom. The van der Waals surface area contributed by atoms with Gasteiger partial charge >= 0.3 is 6.09 Å². The van der Waals surface area contributed by atoms with E-state index in [1.54, 1.807) is 4.90 Å². The second-order valence-electron chi connectivity index (χ2n) is 5.28. The van der Waals surface area contributed by atoms with Crippen LogP contribution in [0, 0.1) is 0 Å². The summed E-state index contributed by atoms with van der Waals surface area (Å²) in [5.41, 5.74) is 0.385. The minimum absolute atomic E-state index is 0.0623. The molecule has 3 heteroatoms. The fraction of sp³-hybridized carbons (Fsp3) is 0.500. The first-order valence-corrected chi connectivity index (χ1v) is 5.88. The maximum atomic E-state index is 12.1. The highest BCUT2D eigenvalue weighted by atomic mass is 16.6. The molecule has 0 saturated heterocycles. The highest BCUT2D eigenvalue weighted by molar-refractivity contribution is 5.88. The lowest BCUT2D eigenvalue weighted by Crippen LogP contribution is -2.41. The lowest BCUT2D eigenvalue weighted by molar-refractivity contribution is 0.0570. The first kappa shape index (κ1) is 13.6. The standard InChI is InChI=1S/C14H21NO2/c1-11(2)15(12-9-7-6-8-10-12)13(16)17-14(3,4)5/h6-11H,1-5H3. The molecule has 17 heavy (non-hydrogen) atoms. The van der Waals surface area contributed by atoms with E-state index in [9.17, 15) is 4.79 Å². The van der Waals surface area contributed by atoms with Gasteiger partial charge in [0.1, 0.15) is 5.60 Å². The molecule has 3 nitrogen and oxygen atoms in total. The van der Waals surface area contributed by atoms with Gasteiger partial charge in [-0.2, -0.15) is 0 Å². The van der Waals surface area contributed by atoms with Crippen LogP contribution in [-0.4, -0.2) is 17.7 Å². The van der Waals surface area contributed by atoms with Gasteiger partial charge in [0.25, 0.3) is 0 Å². The van der Waals surface area contributed by atoms with Gasteiger partial charge in [0.2, 0.25) is 0 Å². The molecule has 0 aromatic heterocycles. The van der Waals surface area contributed by atoms with Crippen molar-refractivity contribution in [2.75, 3.05) is 4.90 Å². The van der Waals surface area contributed by atoms with Gasteiger partial charge in [-0.3, -0.25) is 4.90 Å². The zero-order chi connectivity index (χ0) is 13.1. The number of nitrogens with zero attached hydrogens (tertiary/aromatic N) is 1. The largest absolute Gasteiger partial charge is 0.443 e. The SMILES string of the molecule is CC(C)N(C(=O)OC(C)(C)C)c1ccccc1. The third-order valence-corrected chi connectivity index (χ3v) is 2.14. The van der Waals surface area contributed by atoms with Gasteiger partial charge in [-0.15, -0.1) is 0 Å². The first-order chi connectivity index (χ1) is 7.81. The summed E-state index contributed by atoms with van der Waals surface area (Å²) in [5.74, 6) is 0. The van der Waals surface area contributed by atoms with Crippen molar-refractivity contribution >= 4 is 11.8 Å². The van der Waals surface area contributed by atoms with Crippen molar-refractivity contribution in [2.24, 2.45) is 0 Å². The maximum Gasteiger partial charge on any atom is 0.415 e. The predicted octanol–water partition coefficient (Wildman–Crippen LogP) is 3.84. The normalized spacial score (nSPS) is 11.4. The van der Waals surface area contributed by atoms with Crippen LogP contribution in [0.1, 0.15) is 34.6 Å². The molecule has 0 aliphatic heterocycles. The molecule has 0 bridgehead atoms. The molecule has 1 aromatic rings. The number of benzene rings is 1. The van der Waals surface area contributed by atoms with Gasteiger partial charge in [-0.1, -0.05) is 18.2 Å². The molecule has 0 aliphatic rings. The summed E-state index contributed by atoms with van der Waals surface area (Å²) in [6, 6.07) is 9.63. The van der Waals surface area contributed by atoms with Crippen molar-refractivity contribution < 1.29 is 9.53 Å². The second-order valence-corrected chi connectivity index (χ2v) is 5.28. The summed E-state index contributed by atoms with van der Waals surface area (Å²) in [6.07, 6.45) is -0.307. The topological polar surface area (TPSA) is 29.5 Å². The van der Waals surface area contributed by atoms with E-state index in [2.05, 4.69) is 0 Å². The molecule has 0 N–H and O–H groups in total. The van der Waals surface area contributed by atoms with Crippen LogP contribution in [0.15, 0.2) is 30.3 Å². The number of ether oxygens (including phenoxy) is 1. The summed E-state index contributed by atoms with van der Waals surface area (Å²) < 4.78 is 5.40. The number of carbonyl (C=O) groups excluding carboxylic acids is 1. The zero-order valence-electron chi connectivity index (χ0n) is 11.2. The number of hydrogen-bond acceptors (Lipinski definition) is 2. The summed E-state index contributed by atoms with van der Waals surface area (Å²) in [6.45, 7) is 9.55. The smallest absolute Gasteiger partial charge is 0.415 e. The molecule has 0 aliphatic carbocycles. The van der Waals surface area contributed by atoms with E-state index in [4.69, 9.17) is 4.74 Å². The van der Waals surface area contributed by atoms with Crippen molar-refractivity contribution in [2.45, 2.75) is 46.3 Å². The molecular formula is C14H21NO2. The van der Waals surface area contributed by atoms with Crippen LogP contribution in [0.25, 0.3) is 0 Å². The Morgan fingerprint density at radius 2 is 1.71 bits per heavy atom. The number of carbonyl (C=O) groups is 1. The predicted molar refractivity (Wildman–Crippen MR) is 70.3 cm³/mol. The molecule has 1 amide bonds. The van der Waals surface area contributed by atoms with E-state index in [0.717, 1.165) is 5.69 Å². The van der Waals surface area contributed by atoms with Gasteiger partial charge in [0, 0.05) is 11.7 Å². The van der Waals surface area contributed by atoms with Crippen LogP contribution in [0.4, 0.5) is 10.5 Å². The van der Waals surface area contributed by atoms with Gasteiger partial charge < -0.3 is 4.74 Å². The summed E-state index contributed by atoms with van der Waals surface area (Å²) in [4.78, 5) is 13.8. The molecule has 0 heterocycles. The molecule has 1 rings (SSSR count). The lowest BCUT2D eigenvalue weighted by atomic mass is 10.2. The molecule has 0 saturated carbocycles. The van der Waals surface area contributed by atoms with Crippen LogP contribution in [0.2, 0.25) is 0 Å². The Bertz CT molecular complexity index is 366. The molecule has 0 radical (unpaired) electrons. The Balaban J connectivity index is 2.92. The summed E-state index contributed by atoms with van der Waals surface area (Å²) in [5, 5.41) is 0. The van der Waals surface area contributed by atoms with E-state index >= 15 is 0 Å². The van der Waals surface area contributed by atoms with Gasteiger partial charge in [-0.25, -0.2) is 4.79 Å². The molecular weight excluding hydrogens is 214 g/mol. The van der Waals surface area contributed by atoms with Crippen molar-refractivity contribution in [3.8, 4) is 0 Å². The lowest BCUT2D eigenvalue weighted by Gasteiger charge is -2.30. The quantitative estimate of drug-likeness (QED) is 0.779. The van der Waals surface area contributed by atoms with E-state index in [0.29, 0.717) is 0 Å². The number of hydrogen-bond donors (Lipinski definition) is 0. The van der Waals surface area contributed by atoms with E-state index in [1.165, 1.54) is 0 Å². The van der Waals surface area contributed by atoms with Gasteiger partial charge in [0.15, 0.2) is 0 Å². The summed E-state index contributed by atoms with van der Waals surface area (Å²) >= 11 is 0. The van der Waals surface area contributed by atoms with Crippen LogP contribution in [0.5, 0.6) is 0 Å². The minimum atomic E-state index is -0.473. The van der Waals surface area contributed by atoms with E-state index in [1.807, 2.05) is 65.0 Å². The second kappa shape index (κ2) is 5.21. The van der Waals surface area contributed by atoms with Crippen LogP contribution < -0.4 is 4.90 Å². The maximum absolute atomic E-state index is 12.1. The van der Waals surface area contributed by atoms with Crippen LogP contribution >= 0.6 is 0 Å².